The summed E-state index contributed by atoms with van der Waals surface area (Å²) in [5.41, 5.74) is 18.4. The molecule has 0 N–H and O–H groups in total. The maximum atomic E-state index is 2.50. The van der Waals surface area contributed by atoms with Gasteiger partial charge in [-0.2, -0.15) is 0 Å². The van der Waals surface area contributed by atoms with Crippen molar-refractivity contribution < 1.29 is 0 Å². The molecular formula is C57H41NS. The molecule has 59 heavy (non-hydrogen) atoms. The SMILES string of the molecule is CC1(C)c2ccc(-c3ccccc3)cc2-c2cc(N(c3cccc(-c4ccccc4-c4ccccc4)c3)c3cccc4sc5cc(-c6ccccc6)ccc5c34)ccc21. The van der Waals surface area contributed by atoms with E-state index in [0.717, 1.165) is 11.4 Å². The molecule has 0 unspecified atom stereocenters. The van der Waals surface area contributed by atoms with E-state index in [2.05, 4.69) is 231 Å². The topological polar surface area (TPSA) is 3.24 Å². The summed E-state index contributed by atoms with van der Waals surface area (Å²) in [6.45, 7) is 4.74. The van der Waals surface area contributed by atoms with Crippen molar-refractivity contribution in [3.05, 3.63) is 223 Å². The quantitative estimate of drug-likeness (QED) is 0.156. The van der Waals surface area contributed by atoms with E-state index in [0.29, 0.717) is 0 Å². The van der Waals surface area contributed by atoms with Crippen molar-refractivity contribution in [1.82, 2.24) is 0 Å². The molecule has 0 amide bonds. The molecule has 0 saturated carbocycles. The number of hydrogen-bond acceptors (Lipinski definition) is 2. The molecular weight excluding hydrogens is 731 g/mol. The zero-order valence-electron chi connectivity index (χ0n) is 33.1. The number of nitrogens with zero attached hydrogens (tertiary/aromatic N) is 1. The average Bonchev–Trinajstić information content (AvgIpc) is 3.78. The number of anilines is 3. The number of fused-ring (bicyclic) bond motifs is 6. The normalized spacial score (nSPS) is 12.7. The first-order valence-electron chi connectivity index (χ1n) is 20.4. The van der Waals surface area contributed by atoms with Gasteiger partial charge in [0.1, 0.15) is 0 Å². The Bertz CT molecular complexity index is 3180. The minimum atomic E-state index is -0.121. The highest BCUT2D eigenvalue weighted by atomic mass is 32.1. The van der Waals surface area contributed by atoms with Crippen molar-refractivity contribution in [1.29, 1.82) is 0 Å². The lowest BCUT2D eigenvalue weighted by molar-refractivity contribution is 0.660. The third kappa shape index (κ3) is 5.99. The molecule has 0 fully saturated rings. The molecule has 9 aromatic carbocycles. The van der Waals surface area contributed by atoms with Gasteiger partial charge in [-0.3, -0.25) is 0 Å². The lowest BCUT2D eigenvalue weighted by atomic mass is 9.82. The van der Waals surface area contributed by atoms with Gasteiger partial charge in [0, 0.05) is 37.0 Å². The minimum absolute atomic E-state index is 0.121. The molecule has 1 aliphatic rings. The van der Waals surface area contributed by atoms with Crippen LogP contribution < -0.4 is 4.90 Å². The average molecular weight is 772 g/mol. The third-order valence-corrected chi connectivity index (χ3v) is 13.4. The van der Waals surface area contributed by atoms with Gasteiger partial charge in [-0.1, -0.05) is 178 Å². The summed E-state index contributed by atoms with van der Waals surface area (Å²) in [7, 11) is 0. The van der Waals surface area contributed by atoms with Gasteiger partial charge in [0.15, 0.2) is 0 Å². The smallest absolute Gasteiger partial charge is 0.0554 e. The Hall–Kier alpha value is -7.00. The van der Waals surface area contributed by atoms with E-state index < -0.39 is 0 Å². The first kappa shape index (κ1) is 35.2. The van der Waals surface area contributed by atoms with Gasteiger partial charge < -0.3 is 4.90 Å². The van der Waals surface area contributed by atoms with Gasteiger partial charge in [-0.25, -0.2) is 0 Å². The zero-order chi connectivity index (χ0) is 39.5. The summed E-state index contributed by atoms with van der Waals surface area (Å²) in [6, 6.07) is 78.1. The van der Waals surface area contributed by atoms with Crippen LogP contribution in [0.3, 0.4) is 0 Å². The molecule has 2 heteroatoms. The first-order valence-corrected chi connectivity index (χ1v) is 21.2. The Morgan fingerprint density at radius 3 is 1.61 bits per heavy atom. The third-order valence-electron chi connectivity index (χ3n) is 12.3. The predicted molar refractivity (Wildman–Crippen MR) is 253 cm³/mol. The fraction of sp³-hybridized carbons (Fsp3) is 0.0526. The second-order valence-electron chi connectivity index (χ2n) is 16.1. The van der Waals surface area contributed by atoms with E-state index in [4.69, 9.17) is 0 Å². The Balaban J connectivity index is 1.13. The van der Waals surface area contributed by atoms with Crippen molar-refractivity contribution in [3.63, 3.8) is 0 Å². The number of hydrogen-bond donors (Lipinski definition) is 0. The van der Waals surface area contributed by atoms with Crippen LogP contribution in [0.25, 0.3) is 75.8 Å². The summed E-state index contributed by atoms with van der Waals surface area (Å²) in [4.78, 5) is 2.50. The molecule has 0 spiro atoms. The fourth-order valence-corrected chi connectivity index (χ4v) is 10.5. The van der Waals surface area contributed by atoms with Crippen LogP contribution in [0.4, 0.5) is 17.1 Å². The molecule has 1 aliphatic carbocycles. The number of thiophene rings is 1. The van der Waals surface area contributed by atoms with Gasteiger partial charge in [-0.05, 0) is 115 Å². The summed E-state index contributed by atoms with van der Waals surface area (Å²) in [5, 5.41) is 2.55. The van der Waals surface area contributed by atoms with Crippen molar-refractivity contribution in [3.8, 4) is 55.6 Å². The van der Waals surface area contributed by atoms with Crippen LogP contribution in [0, 0.1) is 0 Å². The van der Waals surface area contributed by atoms with Crippen LogP contribution in [0.1, 0.15) is 25.0 Å². The summed E-state index contributed by atoms with van der Waals surface area (Å²) in [5.74, 6) is 0. The Labute approximate surface area is 350 Å². The Morgan fingerprint density at radius 1 is 0.356 bits per heavy atom. The molecule has 0 saturated heterocycles. The van der Waals surface area contributed by atoms with Crippen molar-refractivity contribution in [2.24, 2.45) is 0 Å². The molecule has 1 heterocycles. The van der Waals surface area contributed by atoms with Crippen LogP contribution in [0.2, 0.25) is 0 Å². The van der Waals surface area contributed by atoms with E-state index in [1.165, 1.54) is 92.6 Å². The molecule has 11 rings (SSSR count). The van der Waals surface area contributed by atoms with Crippen molar-refractivity contribution >= 4 is 48.6 Å². The van der Waals surface area contributed by atoms with Crippen LogP contribution >= 0.6 is 11.3 Å². The van der Waals surface area contributed by atoms with Gasteiger partial charge in [-0.15, -0.1) is 11.3 Å². The second kappa shape index (κ2) is 14.1. The van der Waals surface area contributed by atoms with Gasteiger partial charge in [0.05, 0.1) is 5.69 Å². The second-order valence-corrected chi connectivity index (χ2v) is 17.2. The van der Waals surface area contributed by atoms with E-state index in [1.807, 2.05) is 11.3 Å². The molecule has 0 atom stereocenters. The molecule has 1 aromatic heterocycles. The van der Waals surface area contributed by atoms with Crippen LogP contribution in [0.15, 0.2) is 212 Å². The van der Waals surface area contributed by atoms with E-state index >= 15 is 0 Å². The minimum Gasteiger partial charge on any atom is -0.310 e. The highest BCUT2D eigenvalue weighted by Gasteiger charge is 2.36. The molecule has 10 aromatic rings. The molecule has 280 valence electrons. The molecule has 0 radical (unpaired) electrons. The van der Waals surface area contributed by atoms with E-state index in [1.54, 1.807) is 0 Å². The standard InChI is InChI=1S/C57H41NS/c1-57(2)51-32-29-41(38-16-6-3-7-17-38)35-49(51)50-37-45(30-33-52(50)57)58(44-23-14-22-43(34-44)47-25-13-12-24-46(47)40-20-10-5-11-21-40)53-26-15-27-54-56(53)48-31-28-42(36-55(48)59-54)39-18-8-4-9-19-39/h3-37H,1-2H3. The van der Waals surface area contributed by atoms with E-state index in [9.17, 15) is 0 Å². The van der Waals surface area contributed by atoms with Crippen LogP contribution in [-0.4, -0.2) is 0 Å². The highest BCUT2D eigenvalue weighted by molar-refractivity contribution is 7.26. The maximum absolute atomic E-state index is 2.50. The maximum Gasteiger partial charge on any atom is 0.0554 e. The monoisotopic (exact) mass is 771 g/mol. The van der Waals surface area contributed by atoms with Crippen LogP contribution in [0.5, 0.6) is 0 Å². The van der Waals surface area contributed by atoms with Gasteiger partial charge >= 0.3 is 0 Å². The predicted octanol–water partition coefficient (Wildman–Crippen LogP) is 16.5. The zero-order valence-corrected chi connectivity index (χ0v) is 33.9. The lowest BCUT2D eigenvalue weighted by Crippen LogP contribution is -2.15. The molecule has 1 nitrogen and oxygen atoms in total. The van der Waals surface area contributed by atoms with Gasteiger partial charge in [0.2, 0.25) is 0 Å². The fourth-order valence-electron chi connectivity index (χ4n) is 9.35. The molecule has 0 bridgehead atoms. The molecule has 0 aliphatic heterocycles. The van der Waals surface area contributed by atoms with Gasteiger partial charge in [0.25, 0.3) is 0 Å². The Kier molecular flexibility index (Phi) is 8.43. The summed E-state index contributed by atoms with van der Waals surface area (Å²) < 4.78 is 2.57. The number of benzene rings is 9. The van der Waals surface area contributed by atoms with Crippen molar-refractivity contribution in [2.75, 3.05) is 4.90 Å². The Morgan fingerprint density at radius 2 is 0.898 bits per heavy atom. The first-order chi connectivity index (χ1) is 29.0. The van der Waals surface area contributed by atoms with Crippen LogP contribution in [-0.2, 0) is 5.41 Å². The summed E-state index contributed by atoms with van der Waals surface area (Å²) >= 11 is 1.88. The van der Waals surface area contributed by atoms with E-state index in [-0.39, 0.29) is 5.41 Å². The number of rotatable bonds is 7. The van der Waals surface area contributed by atoms with Crippen molar-refractivity contribution in [2.45, 2.75) is 19.3 Å². The highest BCUT2D eigenvalue weighted by Crippen LogP contribution is 2.53. The summed E-state index contributed by atoms with van der Waals surface area (Å²) in [6.07, 6.45) is 0. The largest absolute Gasteiger partial charge is 0.310 e. The lowest BCUT2D eigenvalue weighted by Gasteiger charge is -2.28.